The summed E-state index contributed by atoms with van der Waals surface area (Å²) in [6, 6.07) is 0. The number of rotatable bonds is 7. The molecule has 0 aliphatic carbocycles. The molecule has 1 aliphatic heterocycles. The highest BCUT2D eigenvalue weighted by Gasteiger charge is 2.27. The number of esters is 1. The highest BCUT2D eigenvalue weighted by atomic mass is 16.5. The van der Waals surface area contributed by atoms with E-state index in [9.17, 15) is 9.59 Å². The Hall–Kier alpha value is -1.62. The van der Waals surface area contributed by atoms with Crippen LogP contribution in [0.15, 0.2) is 25.3 Å². The molecule has 1 heterocycles. The monoisotopic (exact) mass is 280 g/mol. The fraction of sp³-hybridized carbons (Fsp3) is 0.600. The van der Waals surface area contributed by atoms with Crippen molar-refractivity contribution in [1.82, 2.24) is 9.80 Å². The number of amides is 1. The lowest BCUT2D eigenvalue weighted by atomic mass is 9.97. The van der Waals surface area contributed by atoms with Gasteiger partial charge in [0.25, 0.3) is 0 Å². The fourth-order valence-corrected chi connectivity index (χ4v) is 2.37. The minimum absolute atomic E-state index is 0.0243. The molecule has 0 aromatic rings. The second kappa shape index (κ2) is 8.53. The van der Waals surface area contributed by atoms with Crippen molar-refractivity contribution in [3.63, 3.8) is 0 Å². The van der Waals surface area contributed by atoms with Gasteiger partial charge in [-0.25, -0.2) is 0 Å². The van der Waals surface area contributed by atoms with Gasteiger partial charge in [-0.05, 0) is 25.9 Å². The molecule has 0 unspecified atom stereocenters. The number of carbonyl (C=O) groups excluding carboxylic acids is 2. The van der Waals surface area contributed by atoms with Crippen molar-refractivity contribution < 1.29 is 14.3 Å². The maximum Gasteiger partial charge on any atom is 0.308 e. The average Bonchev–Trinajstić information content (AvgIpc) is 2.47. The quantitative estimate of drug-likeness (QED) is 0.517. The molecule has 0 aromatic heterocycles. The number of hydrogen-bond acceptors (Lipinski definition) is 4. The van der Waals surface area contributed by atoms with Crippen LogP contribution < -0.4 is 0 Å². The summed E-state index contributed by atoms with van der Waals surface area (Å²) < 4.78 is 4.75. The zero-order valence-corrected chi connectivity index (χ0v) is 12.2. The van der Waals surface area contributed by atoms with Crippen molar-refractivity contribution >= 4 is 11.9 Å². The molecule has 112 valence electrons. The lowest BCUT2D eigenvalue weighted by Crippen LogP contribution is -2.44. The summed E-state index contributed by atoms with van der Waals surface area (Å²) in [6.07, 6.45) is 4.93. The lowest BCUT2D eigenvalue weighted by Gasteiger charge is -2.31. The van der Waals surface area contributed by atoms with Gasteiger partial charge in [0.15, 0.2) is 0 Å². The van der Waals surface area contributed by atoms with Gasteiger partial charge in [0.1, 0.15) is 0 Å². The van der Waals surface area contributed by atoms with Crippen LogP contribution in [0.3, 0.4) is 0 Å². The maximum absolute atomic E-state index is 12.2. The average molecular weight is 280 g/mol. The van der Waals surface area contributed by atoms with Crippen LogP contribution in [0.5, 0.6) is 0 Å². The van der Waals surface area contributed by atoms with E-state index in [2.05, 4.69) is 18.1 Å². The molecule has 1 saturated heterocycles. The molecule has 1 amide bonds. The number of nitrogens with zero attached hydrogens (tertiary/aromatic N) is 2. The highest BCUT2D eigenvalue weighted by molar-refractivity contribution is 5.78. The molecule has 0 atom stereocenters. The van der Waals surface area contributed by atoms with Crippen LogP contribution >= 0.6 is 0 Å². The first-order valence-electron chi connectivity index (χ1n) is 6.92. The summed E-state index contributed by atoms with van der Waals surface area (Å²) in [6.45, 7) is 10.3. The van der Waals surface area contributed by atoms with E-state index in [4.69, 9.17) is 4.74 Å². The van der Waals surface area contributed by atoms with Crippen LogP contribution in [0.2, 0.25) is 0 Å². The number of piperidine rings is 1. The van der Waals surface area contributed by atoms with E-state index >= 15 is 0 Å². The van der Waals surface area contributed by atoms with Crippen LogP contribution in [-0.2, 0) is 14.3 Å². The Bertz CT molecular complexity index is 350. The van der Waals surface area contributed by atoms with Gasteiger partial charge in [-0.2, -0.15) is 0 Å². The first-order chi connectivity index (χ1) is 9.62. The molecule has 0 saturated carbocycles. The van der Waals surface area contributed by atoms with Crippen molar-refractivity contribution in [3.8, 4) is 0 Å². The van der Waals surface area contributed by atoms with Gasteiger partial charge in [0.05, 0.1) is 19.6 Å². The molecular weight excluding hydrogens is 256 g/mol. The Morgan fingerprint density at radius 1 is 1.25 bits per heavy atom. The fourth-order valence-electron chi connectivity index (χ4n) is 2.37. The van der Waals surface area contributed by atoms with E-state index in [-0.39, 0.29) is 17.8 Å². The zero-order valence-electron chi connectivity index (χ0n) is 12.2. The Kier molecular flexibility index (Phi) is 7.01. The summed E-state index contributed by atoms with van der Waals surface area (Å²) in [5, 5.41) is 0. The van der Waals surface area contributed by atoms with Gasteiger partial charge < -0.3 is 9.64 Å². The van der Waals surface area contributed by atoms with Crippen LogP contribution in [-0.4, -0.2) is 61.5 Å². The van der Waals surface area contributed by atoms with E-state index in [0.717, 1.165) is 25.9 Å². The summed E-state index contributed by atoms with van der Waals surface area (Å²) in [4.78, 5) is 27.4. The maximum atomic E-state index is 12.2. The minimum Gasteiger partial charge on any atom is -0.469 e. The Balaban J connectivity index is 2.42. The van der Waals surface area contributed by atoms with E-state index in [1.165, 1.54) is 7.11 Å². The molecule has 5 heteroatoms. The summed E-state index contributed by atoms with van der Waals surface area (Å²) >= 11 is 0. The largest absolute Gasteiger partial charge is 0.469 e. The van der Waals surface area contributed by atoms with Gasteiger partial charge in [0.2, 0.25) is 5.91 Å². The predicted molar refractivity (Wildman–Crippen MR) is 78.2 cm³/mol. The molecule has 0 aromatic carbocycles. The topological polar surface area (TPSA) is 49.9 Å². The van der Waals surface area contributed by atoms with Crippen molar-refractivity contribution in [3.05, 3.63) is 25.3 Å². The van der Waals surface area contributed by atoms with Crippen LogP contribution in [0.25, 0.3) is 0 Å². The van der Waals surface area contributed by atoms with Gasteiger partial charge in [-0.3, -0.25) is 14.5 Å². The Morgan fingerprint density at radius 2 is 1.80 bits per heavy atom. The Morgan fingerprint density at radius 3 is 2.25 bits per heavy atom. The van der Waals surface area contributed by atoms with Crippen molar-refractivity contribution in [2.45, 2.75) is 12.8 Å². The van der Waals surface area contributed by atoms with E-state index < -0.39 is 0 Å². The standard InChI is InChI=1S/C15H24N2O3/c1-4-8-17(9-5-2)14(18)12-16-10-6-13(7-11-16)15(19)20-3/h4-5,13H,1-2,6-12H2,3H3. The number of ether oxygens (including phenoxy) is 1. The minimum atomic E-state index is -0.143. The molecule has 5 nitrogen and oxygen atoms in total. The zero-order chi connectivity index (χ0) is 15.0. The summed E-state index contributed by atoms with van der Waals surface area (Å²) in [5.41, 5.74) is 0. The van der Waals surface area contributed by atoms with Crippen molar-refractivity contribution in [1.29, 1.82) is 0 Å². The van der Waals surface area contributed by atoms with E-state index in [0.29, 0.717) is 19.6 Å². The van der Waals surface area contributed by atoms with Crippen LogP contribution in [0.1, 0.15) is 12.8 Å². The second-order valence-corrected chi connectivity index (χ2v) is 4.95. The van der Waals surface area contributed by atoms with Gasteiger partial charge in [-0.1, -0.05) is 12.2 Å². The van der Waals surface area contributed by atoms with Crippen LogP contribution in [0, 0.1) is 5.92 Å². The van der Waals surface area contributed by atoms with Gasteiger partial charge >= 0.3 is 5.97 Å². The molecule has 1 aliphatic rings. The van der Waals surface area contributed by atoms with Gasteiger partial charge in [-0.15, -0.1) is 13.2 Å². The van der Waals surface area contributed by atoms with Crippen molar-refractivity contribution in [2.75, 3.05) is 39.8 Å². The molecule has 0 spiro atoms. The van der Waals surface area contributed by atoms with E-state index in [1.807, 2.05) is 0 Å². The molecule has 1 fully saturated rings. The smallest absolute Gasteiger partial charge is 0.308 e. The SMILES string of the molecule is C=CCN(CC=C)C(=O)CN1CCC(C(=O)OC)CC1. The van der Waals surface area contributed by atoms with Gasteiger partial charge in [0, 0.05) is 13.1 Å². The molecule has 1 rings (SSSR count). The predicted octanol–water partition coefficient (Wildman–Crippen LogP) is 1.07. The number of carbonyl (C=O) groups is 2. The number of methoxy groups -OCH3 is 1. The number of hydrogen-bond donors (Lipinski definition) is 0. The summed E-state index contributed by atoms with van der Waals surface area (Å²) in [5.74, 6) is -0.0963. The first kappa shape index (κ1) is 16.4. The molecule has 0 radical (unpaired) electrons. The molecular formula is C15H24N2O3. The molecule has 0 bridgehead atoms. The normalized spacial score (nSPS) is 16.4. The third-order valence-electron chi connectivity index (χ3n) is 3.53. The molecule has 0 N–H and O–H groups in total. The highest BCUT2D eigenvalue weighted by Crippen LogP contribution is 2.18. The first-order valence-corrected chi connectivity index (χ1v) is 6.92. The van der Waals surface area contributed by atoms with E-state index in [1.54, 1.807) is 17.1 Å². The molecule has 20 heavy (non-hydrogen) atoms. The third-order valence-corrected chi connectivity index (χ3v) is 3.53. The second-order valence-electron chi connectivity index (χ2n) is 4.95. The van der Waals surface area contributed by atoms with Crippen molar-refractivity contribution in [2.24, 2.45) is 5.92 Å². The third kappa shape index (κ3) is 4.81. The Labute approximate surface area is 120 Å². The van der Waals surface area contributed by atoms with Crippen LogP contribution in [0.4, 0.5) is 0 Å². The number of likely N-dealkylation sites (tertiary alicyclic amines) is 1. The lowest BCUT2D eigenvalue weighted by molar-refractivity contribution is -0.147. The summed E-state index contributed by atoms with van der Waals surface area (Å²) in [7, 11) is 1.42.